The summed E-state index contributed by atoms with van der Waals surface area (Å²) >= 11 is 5.81. The number of rotatable bonds is 4. The molecule has 0 bridgehead atoms. The van der Waals surface area contributed by atoms with E-state index in [-0.39, 0.29) is 18.1 Å². The quantitative estimate of drug-likeness (QED) is 0.699. The van der Waals surface area contributed by atoms with Crippen LogP contribution in [0, 0.1) is 0 Å². The second-order valence-electron chi connectivity index (χ2n) is 6.33. The monoisotopic (exact) mass is 372 g/mol. The number of urea groups is 1. The van der Waals surface area contributed by atoms with Gasteiger partial charge in [-0.3, -0.25) is 0 Å². The van der Waals surface area contributed by atoms with E-state index in [2.05, 4.69) is 10.6 Å². The van der Waals surface area contributed by atoms with Crippen LogP contribution in [-0.4, -0.2) is 18.1 Å². The molecule has 1 fully saturated rings. The Morgan fingerprint density at radius 3 is 1.96 bits per heavy atom. The van der Waals surface area contributed by atoms with E-state index in [1.54, 1.807) is 48.5 Å². The van der Waals surface area contributed by atoms with Crippen LogP contribution in [0.5, 0.6) is 0 Å². The topological polar surface area (TPSA) is 67.4 Å². The number of hydrogen-bond acceptors (Lipinski definition) is 3. The maximum Gasteiger partial charge on any atom is 0.338 e. The van der Waals surface area contributed by atoms with Crippen LogP contribution >= 0.6 is 11.6 Å². The Bertz CT molecular complexity index is 754. The molecule has 0 aromatic heterocycles. The van der Waals surface area contributed by atoms with E-state index in [0.717, 1.165) is 25.7 Å². The number of ether oxygens (including phenoxy) is 1. The maximum atomic E-state index is 12.2. The average Bonchev–Trinajstić information content (AvgIpc) is 2.65. The van der Waals surface area contributed by atoms with Crippen LogP contribution in [0.15, 0.2) is 48.5 Å². The molecule has 26 heavy (non-hydrogen) atoms. The molecule has 0 radical (unpaired) electrons. The van der Waals surface area contributed by atoms with Crippen LogP contribution < -0.4 is 10.6 Å². The first kappa shape index (κ1) is 18.3. The second-order valence-corrected chi connectivity index (χ2v) is 6.77. The number of esters is 1. The van der Waals surface area contributed by atoms with Crippen LogP contribution in [0.2, 0.25) is 5.02 Å². The zero-order valence-electron chi connectivity index (χ0n) is 14.3. The van der Waals surface area contributed by atoms with E-state index in [0.29, 0.717) is 22.0 Å². The maximum absolute atomic E-state index is 12.2. The van der Waals surface area contributed by atoms with Crippen LogP contribution in [0.25, 0.3) is 0 Å². The average molecular weight is 373 g/mol. The molecule has 1 saturated carbocycles. The highest BCUT2D eigenvalue weighted by molar-refractivity contribution is 6.30. The van der Waals surface area contributed by atoms with Crippen molar-refractivity contribution in [1.29, 1.82) is 0 Å². The number of halogens is 1. The van der Waals surface area contributed by atoms with Gasteiger partial charge >= 0.3 is 12.0 Å². The first-order valence-electron chi connectivity index (χ1n) is 8.75. The van der Waals surface area contributed by atoms with Crippen molar-refractivity contribution >= 4 is 35.0 Å². The highest BCUT2D eigenvalue weighted by Crippen LogP contribution is 2.22. The summed E-state index contributed by atoms with van der Waals surface area (Å²) in [5.41, 5.74) is 1.71. The zero-order chi connectivity index (χ0) is 18.4. The predicted octanol–water partition coefficient (Wildman–Crippen LogP) is 5.47. The molecule has 1 aliphatic rings. The fourth-order valence-electron chi connectivity index (χ4n) is 2.92. The van der Waals surface area contributed by atoms with E-state index >= 15 is 0 Å². The Morgan fingerprint density at radius 2 is 1.38 bits per heavy atom. The van der Waals surface area contributed by atoms with Gasteiger partial charge in [-0.25, -0.2) is 9.59 Å². The molecule has 2 aromatic rings. The number of carbonyl (C=O) groups excluding carboxylic acids is 2. The molecule has 1 aliphatic carbocycles. The second kappa shape index (κ2) is 8.72. The van der Waals surface area contributed by atoms with Crippen molar-refractivity contribution in [3.05, 3.63) is 59.1 Å². The first-order valence-corrected chi connectivity index (χ1v) is 9.12. The van der Waals surface area contributed by atoms with Crippen molar-refractivity contribution in [2.75, 3.05) is 10.6 Å². The molecule has 0 aliphatic heterocycles. The minimum Gasteiger partial charge on any atom is -0.459 e. The van der Waals surface area contributed by atoms with E-state index in [1.165, 1.54) is 6.42 Å². The van der Waals surface area contributed by atoms with Gasteiger partial charge in [0.25, 0.3) is 0 Å². The van der Waals surface area contributed by atoms with Gasteiger partial charge in [-0.15, -0.1) is 0 Å². The van der Waals surface area contributed by atoms with Gasteiger partial charge in [0.1, 0.15) is 6.10 Å². The van der Waals surface area contributed by atoms with Gasteiger partial charge in [0.2, 0.25) is 0 Å². The van der Waals surface area contributed by atoms with Crippen molar-refractivity contribution in [3.8, 4) is 0 Å². The van der Waals surface area contributed by atoms with Gasteiger partial charge < -0.3 is 15.4 Å². The number of anilines is 2. The lowest BCUT2D eigenvalue weighted by Gasteiger charge is -2.21. The molecular weight excluding hydrogens is 352 g/mol. The Hall–Kier alpha value is -2.53. The minimum absolute atomic E-state index is 0.0270. The lowest BCUT2D eigenvalue weighted by Crippen LogP contribution is -2.21. The molecule has 5 nitrogen and oxygen atoms in total. The zero-order valence-corrected chi connectivity index (χ0v) is 15.1. The van der Waals surface area contributed by atoms with Gasteiger partial charge in [-0.1, -0.05) is 18.0 Å². The number of amides is 2. The Balaban J connectivity index is 1.52. The molecule has 0 atom stereocenters. The molecular formula is C20H21ClN2O3. The number of nitrogens with one attached hydrogen (secondary N) is 2. The fourth-order valence-corrected chi connectivity index (χ4v) is 3.04. The van der Waals surface area contributed by atoms with Gasteiger partial charge in [0, 0.05) is 16.4 Å². The first-order chi connectivity index (χ1) is 12.6. The summed E-state index contributed by atoms with van der Waals surface area (Å²) in [5, 5.41) is 6.03. The van der Waals surface area contributed by atoms with Crippen LogP contribution in [0.3, 0.4) is 0 Å². The molecule has 0 saturated heterocycles. The third-order valence-electron chi connectivity index (χ3n) is 4.31. The summed E-state index contributed by atoms with van der Waals surface area (Å²) in [5.74, 6) is -0.311. The van der Waals surface area contributed by atoms with Gasteiger partial charge in [-0.05, 0) is 74.2 Å². The molecule has 0 heterocycles. The highest BCUT2D eigenvalue weighted by Gasteiger charge is 2.18. The van der Waals surface area contributed by atoms with Crippen LogP contribution in [0.1, 0.15) is 42.5 Å². The molecule has 3 rings (SSSR count). The van der Waals surface area contributed by atoms with Crippen molar-refractivity contribution in [2.24, 2.45) is 0 Å². The normalized spacial score (nSPS) is 14.5. The van der Waals surface area contributed by atoms with Crippen molar-refractivity contribution < 1.29 is 14.3 Å². The lowest BCUT2D eigenvalue weighted by molar-refractivity contribution is 0.0211. The third kappa shape index (κ3) is 5.23. The third-order valence-corrected chi connectivity index (χ3v) is 4.56. The van der Waals surface area contributed by atoms with E-state index in [4.69, 9.17) is 16.3 Å². The summed E-state index contributed by atoms with van der Waals surface area (Å²) < 4.78 is 5.54. The lowest BCUT2D eigenvalue weighted by atomic mass is 9.98. The van der Waals surface area contributed by atoms with E-state index < -0.39 is 0 Å². The Morgan fingerprint density at radius 1 is 0.846 bits per heavy atom. The van der Waals surface area contributed by atoms with Gasteiger partial charge in [0.05, 0.1) is 5.56 Å². The summed E-state index contributed by atoms with van der Waals surface area (Å²) in [7, 11) is 0. The Labute approximate surface area is 157 Å². The number of hydrogen-bond donors (Lipinski definition) is 2. The molecule has 2 N–H and O–H groups in total. The molecule has 136 valence electrons. The SMILES string of the molecule is O=C(Nc1ccc(Cl)cc1)Nc1ccc(C(=O)OC2CCCCC2)cc1. The fraction of sp³-hybridized carbons (Fsp3) is 0.300. The summed E-state index contributed by atoms with van der Waals surface area (Å²) in [6, 6.07) is 13.1. The summed E-state index contributed by atoms with van der Waals surface area (Å²) in [6.07, 6.45) is 5.35. The standard InChI is InChI=1S/C20H21ClN2O3/c21-15-8-12-17(13-9-15)23-20(25)22-16-10-6-14(7-11-16)19(24)26-18-4-2-1-3-5-18/h6-13,18H,1-5H2,(H2,22,23,25). The molecule has 0 unspecified atom stereocenters. The Kier molecular flexibility index (Phi) is 6.12. The molecule has 6 heteroatoms. The van der Waals surface area contributed by atoms with E-state index in [9.17, 15) is 9.59 Å². The number of carbonyl (C=O) groups is 2. The van der Waals surface area contributed by atoms with Crippen LogP contribution in [0.4, 0.5) is 16.2 Å². The largest absolute Gasteiger partial charge is 0.459 e. The van der Waals surface area contributed by atoms with Gasteiger partial charge in [0.15, 0.2) is 0 Å². The highest BCUT2D eigenvalue weighted by atomic mass is 35.5. The summed E-state index contributed by atoms with van der Waals surface area (Å²) in [4.78, 5) is 24.2. The van der Waals surface area contributed by atoms with Crippen molar-refractivity contribution in [1.82, 2.24) is 0 Å². The van der Waals surface area contributed by atoms with E-state index in [1.807, 2.05) is 0 Å². The molecule has 2 aromatic carbocycles. The molecule has 2 amide bonds. The van der Waals surface area contributed by atoms with Crippen LogP contribution in [-0.2, 0) is 4.74 Å². The van der Waals surface area contributed by atoms with Crippen molar-refractivity contribution in [2.45, 2.75) is 38.2 Å². The minimum atomic E-state index is -0.371. The predicted molar refractivity (Wildman–Crippen MR) is 103 cm³/mol. The summed E-state index contributed by atoms with van der Waals surface area (Å²) in [6.45, 7) is 0. The number of benzene rings is 2. The van der Waals surface area contributed by atoms with Gasteiger partial charge in [-0.2, -0.15) is 0 Å². The smallest absolute Gasteiger partial charge is 0.338 e. The molecule has 0 spiro atoms. The van der Waals surface area contributed by atoms with Crippen molar-refractivity contribution in [3.63, 3.8) is 0 Å².